The number of aromatic nitrogens is 2. The van der Waals surface area contributed by atoms with Crippen molar-refractivity contribution in [2.45, 2.75) is 44.4 Å². The molecule has 210 valence electrons. The maximum Gasteiger partial charge on any atom is 0.435 e. The van der Waals surface area contributed by atoms with Crippen LogP contribution in [0.5, 0.6) is 11.5 Å². The lowest BCUT2D eigenvalue weighted by molar-refractivity contribution is -0.183. The SMILES string of the molecule is Cc1ccc(OP(=S)(OC[C@@]2(C(F)F)O[C@@H](n3cc(F)c(N)nc3=O)[C@H](O)[C@H]2F)Oc2ccc(C)cc2)cc1. The predicted molar refractivity (Wildman–Crippen MR) is 136 cm³/mol. The van der Waals surface area contributed by atoms with Crippen molar-refractivity contribution in [3.05, 3.63) is 82.2 Å². The van der Waals surface area contributed by atoms with Crippen LogP contribution in [-0.4, -0.2) is 45.6 Å². The molecule has 0 saturated carbocycles. The van der Waals surface area contributed by atoms with Gasteiger partial charge < -0.3 is 24.6 Å². The number of aryl methyl sites for hydroxylation is 2. The van der Waals surface area contributed by atoms with E-state index in [4.69, 9.17) is 35.8 Å². The van der Waals surface area contributed by atoms with Gasteiger partial charge in [0.05, 0.1) is 12.8 Å². The van der Waals surface area contributed by atoms with Crippen LogP contribution in [0.15, 0.2) is 59.5 Å². The summed E-state index contributed by atoms with van der Waals surface area (Å²) in [6.07, 6.45) is -10.4. The molecular weight excluding hydrogens is 565 g/mol. The van der Waals surface area contributed by atoms with Crippen LogP contribution in [0.3, 0.4) is 0 Å². The molecule has 15 heteroatoms. The summed E-state index contributed by atoms with van der Waals surface area (Å²) in [5.41, 5.74) is 2.64. The van der Waals surface area contributed by atoms with E-state index in [1.807, 2.05) is 13.8 Å². The van der Waals surface area contributed by atoms with Crippen LogP contribution < -0.4 is 20.5 Å². The van der Waals surface area contributed by atoms with E-state index in [0.29, 0.717) is 10.8 Å². The Morgan fingerprint density at radius 1 is 1.13 bits per heavy atom. The van der Waals surface area contributed by atoms with E-state index in [0.717, 1.165) is 11.1 Å². The van der Waals surface area contributed by atoms with Crippen molar-refractivity contribution in [1.82, 2.24) is 9.55 Å². The molecule has 4 rings (SSSR count). The molecule has 0 aliphatic carbocycles. The second-order valence-corrected chi connectivity index (χ2v) is 11.7. The van der Waals surface area contributed by atoms with Crippen molar-refractivity contribution in [2.24, 2.45) is 0 Å². The van der Waals surface area contributed by atoms with Crippen molar-refractivity contribution in [3.8, 4) is 11.5 Å². The van der Waals surface area contributed by atoms with Crippen LogP contribution in [0.25, 0.3) is 0 Å². The second-order valence-electron chi connectivity index (χ2n) is 8.85. The second kappa shape index (κ2) is 11.2. The first-order valence-electron chi connectivity index (χ1n) is 11.4. The minimum atomic E-state index is -3.98. The Kier molecular flexibility index (Phi) is 8.33. The Labute approximate surface area is 225 Å². The lowest BCUT2D eigenvalue weighted by Crippen LogP contribution is -2.50. The van der Waals surface area contributed by atoms with Gasteiger partial charge in [-0.25, -0.2) is 22.4 Å². The maximum absolute atomic E-state index is 15.4. The van der Waals surface area contributed by atoms with E-state index in [9.17, 15) is 23.1 Å². The fraction of sp³-hybridized carbons (Fsp3) is 0.333. The minimum absolute atomic E-state index is 0.194. The molecule has 0 spiro atoms. The number of hydrogen-bond donors (Lipinski definition) is 2. The number of anilines is 1. The molecule has 2 heterocycles. The summed E-state index contributed by atoms with van der Waals surface area (Å²) in [4.78, 5) is 15.4. The van der Waals surface area contributed by atoms with Crippen LogP contribution in [-0.2, 0) is 21.1 Å². The third-order valence-electron chi connectivity index (χ3n) is 5.90. The zero-order chi connectivity index (χ0) is 28.5. The highest BCUT2D eigenvalue weighted by Gasteiger charge is 2.63. The Morgan fingerprint density at radius 2 is 1.64 bits per heavy atom. The molecule has 0 unspecified atom stereocenters. The Bertz CT molecular complexity index is 1380. The molecule has 1 aliphatic rings. The fourth-order valence-electron chi connectivity index (χ4n) is 3.71. The summed E-state index contributed by atoms with van der Waals surface area (Å²) >= 11 is 5.48. The number of nitrogens with two attached hydrogens (primary N) is 1. The lowest BCUT2D eigenvalue weighted by atomic mass is 9.98. The van der Waals surface area contributed by atoms with Crippen molar-refractivity contribution in [3.63, 3.8) is 0 Å². The van der Waals surface area contributed by atoms with Crippen LogP contribution in [0.2, 0.25) is 0 Å². The smallest absolute Gasteiger partial charge is 0.416 e. The topological polar surface area (TPSA) is 118 Å². The van der Waals surface area contributed by atoms with E-state index in [-0.39, 0.29) is 11.5 Å². The summed E-state index contributed by atoms with van der Waals surface area (Å²) < 4.78 is 80.8. The van der Waals surface area contributed by atoms with Gasteiger partial charge in [-0.2, -0.15) is 4.98 Å². The molecule has 3 N–H and O–H groups in total. The highest BCUT2D eigenvalue weighted by molar-refractivity contribution is 8.07. The van der Waals surface area contributed by atoms with Gasteiger partial charge in [0.2, 0.25) is 0 Å². The molecule has 1 fully saturated rings. The van der Waals surface area contributed by atoms with Gasteiger partial charge in [0.1, 0.15) is 17.6 Å². The largest absolute Gasteiger partial charge is 0.435 e. The molecule has 0 radical (unpaired) electrons. The van der Waals surface area contributed by atoms with Gasteiger partial charge in [-0.3, -0.25) is 9.09 Å². The number of nitrogen functional groups attached to an aromatic ring is 1. The number of hydrogen-bond acceptors (Lipinski definition) is 9. The van der Waals surface area contributed by atoms with Crippen LogP contribution >= 0.6 is 6.72 Å². The number of ether oxygens (including phenoxy) is 1. The number of alkyl halides is 3. The van der Waals surface area contributed by atoms with Gasteiger partial charge in [0.25, 0.3) is 6.43 Å². The first kappa shape index (κ1) is 29.0. The summed E-state index contributed by atoms with van der Waals surface area (Å²) in [6, 6.07) is 13.0. The standard InChI is InChI=1S/C24H24F4N3O6PS/c1-13-3-7-15(8-4-13)36-38(39,37-16-9-5-14(2)6-10-16)34-12-24(22(27)28)19(26)18(32)21(35-24)31-11-17(25)20(29)30-23(31)33/h3-11,18-19,21-22,32H,12H2,1-2H3,(H2,29,30,33)/t18-,19-,21-,24-/m1/s1. The summed E-state index contributed by atoms with van der Waals surface area (Å²) in [5, 5.41) is 10.4. The number of benzene rings is 2. The molecule has 2 aromatic carbocycles. The van der Waals surface area contributed by atoms with Gasteiger partial charge in [-0.05, 0) is 38.1 Å². The number of nitrogens with zero attached hydrogens (tertiary/aromatic N) is 2. The third-order valence-corrected chi connectivity index (χ3v) is 7.98. The molecule has 39 heavy (non-hydrogen) atoms. The maximum atomic E-state index is 15.4. The number of aliphatic hydroxyl groups is 1. The van der Waals surface area contributed by atoms with Gasteiger partial charge in [0, 0.05) is 11.8 Å². The molecule has 3 aromatic rings. The highest BCUT2D eigenvalue weighted by Crippen LogP contribution is 2.53. The Hall–Kier alpha value is -3.03. The third kappa shape index (κ3) is 6.10. The number of aliphatic hydroxyl groups excluding tert-OH is 1. The first-order valence-corrected chi connectivity index (χ1v) is 14.0. The molecule has 0 amide bonds. The monoisotopic (exact) mass is 589 g/mol. The van der Waals surface area contributed by atoms with Crippen molar-refractivity contribution < 1.29 is 41.0 Å². The van der Waals surface area contributed by atoms with E-state index >= 15 is 4.39 Å². The Balaban J connectivity index is 1.65. The van der Waals surface area contributed by atoms with Gasteiger partial charge in [-0.15, -0.1) is 0 Å². The molecule has 1 aromatic heterocycles. The first-order chi connectivity index (χ1) is 18.3. The molecule has 9 nitrogen and oxygen atoms in total. The van der Waals surface area contributed by atoms with E-state index in [1.165, 1.54) is 0 Å². The molecular formula is C24H24F4N3O6PS. The van der Waals surface area contributed by atoms with E-state index < -0.39 is 61.2 Å². The van der Waals surface area contributed by atoms with E-state index in [1.54, 1.807) is 48.5 Å². The van der Waals surface area contributed by atoms with Gasteiger partial charge in [0.15, 0.2) is 29.6 Å². The predicted octanol–water partition coefficient (Wildman–Crippen LogP) is 4.21. The van der Waals surface area contributed by atoms with Crippen molar-refractivity contribution in [2.75, 3.05) is 12.3 Å². The average molecular weight is 590 g/mol. The quantitative estimate of drug-likeness (QED) is 0.280. The van der Waals surface area contributed by atoms with Gasteiger partial charge >= 0.3 is 12.4 Å². The normalized spacial score (nSPS) is 23.2. The molecule has 1 aliphatic heterocycles. The van der Waals surface area contributed by atoms with E-state index in [2.05, 4.69) is 4.98 Å². The minimum Gasteiger partial charge on any atom is -0.416 e. The van der Waals surface area contributed by atoms with Crippen molar-refractivity contribution in [1.29, 1.82) is 0 Å². The molecule has 1 saturated heterocycles. The molecule has 0 bridgehead atoms. The van der Waals surface area contributed by atoms with Crippen LogP contribution in [0.1, 0.15) is 17.4 Å². The zero-order valence-electron chi connectivity index (χ0n) is 20.5. The number of rotatable bonds is 9. The summed E-state index contributed by atoms with van der Waals surface area (Å²) in [5.74, 6) is -1.59. The zero-order valence-corrected chi connectivity index (χ0v) is 22.3. The lowest BCUT2D eigenvalue weighted by Gasteiger charge is -2.32. The van der Waals surface area contributed by atoms with Crippen LogP contribution in [0.4, 0.5) is 23.4 Å². The summed E-state index contributed by atoms with van der Waals surface area (Å²) in [7, 11) is 0. The fourth-order valence-corrected chi connectivity index (χ4v) is 5.65. The van der Waals surface area contributed by atoms with Gasteiger partial charge in [-0.1, -0.05) is 35.4 Å². The van der Waals surface area contributed by atoms with Crippen LogP contribution in [0, 0.1) is 19.7 Å². The average Bonchev–Trinajstić information content (AvgIpc) is 3.14. The molecule has 4 atom stereocenters. The Morgan fingerprint density at radius 3 is 2.13 bits per heavy atom. The van der Waals surface area contributed by atoms with Crippen molar-refractivity contribution >= 4 is 24.3 Å². The summed E-state index contributed by atoms with van der Waals surface area (Å²) in [6.45, 7) is -1.57. The number of halogens is 4. The highest BCUT2D eigenvalue weighted by atomic mass is 32.5.